The number of hydrogen-bond acceptors (Lipinski definition) is 6. The molecule has 0 rings (SSSR count). The minimum atomic E-state index is -2.04. The normalized spacial score (nSPS) is 14.4. The first-order chi connectivity index (χ1) is 4.85. The Morgan fingerprint density at radius 3 is 1.30 bits per heavy atom. The second-order valence-electron chi connectivity index (χ2n) is 0.692. The first-order valence-electron chi connectivity index (χ1n) is 1.64. The summed E-state index contributed by atoms with van der Waals surface area (Å²) in [6.07, 6.45) is 0. The fraction of sp³-hybridized carbons (Fsp3) is 0. The first-order valence-corrected chi connectivity index (χ1v) is 4.93. The summed E-state index contributed by atoms with van der Waals surface area (Å²) in [5.41, 5.74) is 0. The van der Waals surface area contributed by atoms with Crippen LogP contribution in [0.15, 0.2) is 0 Å². The van der Waals surface area contributed by atoms with E-state index in [4.69, 9.17) is 0 Å². The van der Waals surface area contributed by atoms with E-state index >= 15 is 0 Å². The third-order valence-electron chi connectivity index (χ3n) is 0.300. The standard InChI is InChI=1S/O6P4/c1-7-4-10(5-8-2)6-9-3. The van der Waals surface area contributed by atoms with E-state index in [-0.39, 0.29) is 0 Å². The maximum Gasteiger partial charge on any atom is 0.366 e. The molecule has 10 heavy (non-hydrogen) atoms. The molecule has 0 heterocycles. The first kappa shape index (κ1) is 10.6. The lowest BCUT2D eigenvalue weighted by molar-refractivity contribution is 0.414. The van der Waals surface area contributed by atoms with Crippen molar-refractivity contribution in [1.82, 2.24) is 0 Å². The Balaban J connectivity index is 3.58. The Morgan fingerprint density at radius 2 is 1.10 bits per heavy atom. The third kappa shape index (κ3) is 5.40. The second kappa shape index (κ2) is 7.71. The van der Waals surface area contributed by atoms with Crippen molar-refractivity contribution in [3.05, 3.63) is 0 Å². The Labute approximate surface area is 62.1 Å². The zero-order chi connectivity index (χ0) is 7.82. The van der Waals surface area contributed by atoms with Gasteiger partial charge in [0, 0.05) is 0 Å². The van der Waals surface area contributed by atoms with Gasteiger partial charge in [-0.1, -0.05) is 0 Å². The van der Waals surface area contributed by atoms with Gasteiger partial charge in [-0.25, -0.2) is 26.6 Å². The van der Waals surface area contributed by atoms with E-state index in [2.05, 4.69) is 12.9 Å². The van der Waals surface area contributed by atoms with Crippen LogP contribution >= 0.6 is 34.7 Å². The topological polar surface area (TPSA) is 78.9 Å². The van der Waals surface area contributed by atoms with Crippen molar-refractivity contribution < 1.29 is 26.6 Å². The summed E-state index contributed by atoms with van der Waals surface area (Å²) in [4.78, 5) is 0. The van der Waals surface area contributed by atoms with Crippen molar-refractivity contribution in [1.29, 1.82) is 0 Å². The van der Waals surface area contributed by atoms with Gasteiger partial charge in [0.1, 0.15) is 0 Å². The second-order valence-corrected chi connectivity index (χ2v) is 3.55. The lowest BCUT2D eigenvalue weighted by Crippen LogP contribution is -1.69. The largest absolute Gasteiger partial charge is 0.366 e. The van der Waals surface area contributed by atoms with E-state index in [9.17, 15) is 13.7 Å². The molecule has 0 spiro atoms. The van der Waals surface area contributed by atoms with Gasteiger partial charge in [-0.05, 0) is 0 Å². The summed E-state index contributed by atoms with van der Waals surface area (Å²) in [5, 5.41) is 0. The van der Waals surface area contributed by atoms with Crippen LogP contribution in [0.25, 0.3) is 0 Å². The summed E-state index contributed by atoms with van der Waals surface area (Å²) < 4.78 is 41.5. The molecule has 0 aliphatic rings. The molecule has 6 nitrogen and oxygen atoms in total. The predicted molar refractivity (Wildman–Crippen MR) is 33.0 cm³/mol. The molecule has 0 fully saturated rings. The Kier molecular flexibility index (Phi) is 8.18. The quantitative estimate of drug-likeness (QED) is 0.640. The van der Waals surface area contributed by atoms with Crippen LogP contribution in [0.4, 0.5) is 0 Å². The van der Waals surface area contributed by atoms with Gasteiger partial charge in [0.05, 0.1) is 0 Å². The summed E-state index contributed by atoms with van der Waals surface area (Å²) in [5.74, 6) is 0. The van der Waals surface area contributed by atoms with Crippen LogP contribution in [-0.2, 0) is 26.6 Å². The van der Waals surface area contributed by atoms with Crippen molar-refractivity contribution >= 4 is 34.7 Å². The molecule has 56 valence electrons. The molecular formula is O6P4. The predicted octanol–water partition coefficient (Wildman–Crippen LogP) is 2.88. The molecule has 0 aliphatic heterocycles. The summed E-state index contributed by atoms with van der Waals surface area (Å²) in [6, 6.07) is 0. The van der Waals surface area contributed by atoms with Crippen LogP contribution in [-0.4, -0.2) is 0 Å². The highest BCUT2D eigenvalue weighted by Crippen LogP contribution is 2.49. The van der Waals surface area contributed by atoms with Crippen molar-refractivity contribution in [2.75, 3.05) is 0 Å². The van der Waals surface area contributed by atoms with Gasteiger partial charge in [-0.15, -0.1) is 0 Å². The van der Waals surface area contributed by atoms with Gasteiger partial charge in [0.25, 0.3) is 0 Å². The minimum absolute atomic E-state index is 0.684. The highest BCUT2D eigenvalue weighted by atomic mass is 31.2. The molecule has 0 saturated heterocycles. The van der Waals surface area contributed by atoms with Crippen molar-refractivity contribution in [2.24, 2.45) is 0 Å². The maximum atomic E-state index is 9.69. The lowest BCUT2D eigenvalue weighted by atomic mass is 15.7. The molecule has 0 aliphatic carbocycles. The van der Waals surface area contributed by atoms with Gasteiger partial charge in [0.2, 0.25) is 0 Å². The monoisotopic (exact) mass is 220 g/mol. The van der Waals surface area contributed by atoms with Crippen molar-refractivity contribution in [3.8, 4) is 0 Å². The molecule has 0 bridgehead atoms. The molecule has 0 radical (unpaired) electrons. The highest BCUT2D eigenvalue weighted by Gasteiger charge is 2.13. The third-order valence-corrected chi connectivity index (χ3v) is 2.70. The summed E-state index contributed by atoms with van der Waals surface area (Å²) in [6.45, 7) is 0. The molecular weight excluding hydrogens is 220 g/mol. The molecule has 0 N–H and O–H groups in total. The lowest BCUT2D eigenvalue weighted by Gasteiger charge is -1.98. The molecule has 0 aromatic heterocycles. The number of hydrogen-bond donors (Lipinski definition) is 0. The van der Waals surface area contributed by atoms with E-state index in [0.717, 1.165) is 0 Å². The SMILES string of the molecule is O=POP(OP=O)OP=O. The van der Waals surface area contributed by atoms with Gasteiger partial charge >= 0.3 is 34.7 Å². The minimum Gasteiger partial charge on any atom is -0.240 e. The van der Waals surface area contributed by atoms with Gasteiger partial charge in [0.15, 0.2) is 0 Å². The van der Waals surface area contributed by atoms with Crippen molar-refractivity contribution in [2.45, 2.75) is 0 Å². The van der Waals surface area contributed by atoms with Crippen LogP contribution in [0.5, 0.6) is 0 Å². The van der Waals surface area contributed by atoms with Gasteiger partial charge in [-0.2, -0.15) is 0 Å². The Hall–Kier alpha value is 0.610. The molecule has 0 aromatic carbocycles. The zero-order valence-corrected chi connectivity index (χ0v) is 7.82. The Morgan fingerprint density at radius 1 is 0.800 bits per heavy atom. The smallest absolute Gasteiger partial charge is 0.240 e. The van der Waals surface area contributed by atoms with E-state index in [1.54, 1.807) is 0 Å². The Bertz CT molecular complexity index is 97.1. The average Bonchev–Trinajstić information content (AvgIpc) is 1.90. The van der Waals surface area contributed by atoms with Crippen LogP contribution in [0.3, 0.4) is 0 Å². The molecule has 0 amide bonds. The average molecular weight is 220 g/mol. The van der Waals surface area contributed by atoms with E-state index in [1.807, 2.05) is 0 Å². The van der Waals surface area contributed by atoms with E-state index in [0.29, 0.717) is 0 Å². The molecule has 0 atom stereocenters. The van der Waals surface area contributed by atoms with Crippen molar-refractivity contribution in [3.63, 3.8) is 0 Å². The van der Waals surface area contributed by atoms with E-state index < -0.39 is 34.7 Å². The van der Waals surface area contributed by atoms with Crippen LogP contribution in [0.1, 0.15) is 0 Å². The maximum absolute atomic E-state index is 9.69. The molecule has 10 heteroatoms. The zero-order valence-electron chi connectivity index (χ0n) is 4.24. The van der Waals surface area contributed by atoms with Crippen LogP contribution in [0.2, 0.25) is 0 Å². The molecule has 0 aromatic rings. The van der Waals surface area contributed by atoms with Crippen LogP contribution in [0, 0.1) is 0 Å². The van der Waals surface area contributed by atoms with Crippen LogP contribution < -0.4 is 0 Å². The molecule has 0 unspecified atom stereocenters. The fourth-order valence-corrected chi connectivity index (χ4v) is 1.94. The molecule has 0 saturated carbocycles. The summed E-state index contributed by atoms with van der Waals surface area (Å²) in [7, 11) is -4.09. The highest BCUT2D eigenvalue weighted by molar-refractivity contribution is 7.56. The van der Waals surface area contributed by atoms with Gasteiger partial charge < -0.3 is 0 Å². The van der Waals surface area contributed by atoms with E-state index in [1.165, 1.54) is 0 Å². The summed E-state index contributed by atoms with van der Waals surface area (Å²) >= 11 is 0. The fourth-order valence-electron chi connectivity index (χ4n) is 0.126. The van der Waals surface area contributed by atoms with Gasteiger partial charge in [-0.3, -0.25) is 0 Å². The number of rotatable bonds is 6.